The Bertz CT molecular complexity index is 2520. The van der Waals surface area contributed by atoms with Crippen LogP contribution in [0, 0.1) is 31.6 Å². The number of carbonyl (C=O) groups is 3. The molecule has 2 saturated heterocycles. The number of amides is 3. The molecule has 0 saturated carbocycles. The molecule has 13 nitrogen and oxygen atoms in total. The minimum atomic E-state index is -0.617. The predicted molar refractivity (Wildman–Crippen MR) is 218 cm³/mol. The van der Waals surface area contributed by atoms with Crippen molar-refractivity contribution >= 4 is 52.1 Å². The molecular weight excluding hydrogens is 760 g/mol. The highest BCUT2D eigenvalue weighted by Crippen LogP contribution is 2.39. The first-order valence-electron chi connectivity index (χ1n) is 19.3. The van der Waals surface area contributed by atoms with Gasteiger partial charge in [-0.1, -0.05) is 41.6 Å². The van der Waals surface area contributed by atoms with Crippen LogP contribution >= 0.6 is 22.9 Å². The molecule has 4 aliphatic rings. The first-order valence-corrected chi connectivity index (χ1v) is 20.5. The third kappa shape index (κ3) is 7.04. The maximum atomic E-state index is 13.2. The van der Waals surface area contributed by atoms with Crippen molar-refractivity contribution in [1.29, 1.82) is 0 Å². The van der Waals surface area contributed by atoms with Crippen LogP contribution in [0.15, 0.2) is 59.9 Å². The number of nitrogens with one attached hydrogen (secondary N) is 2. The highest BCUT2D eigenvalue weighted by molar-refractivity contribution is 7.15. The zero-order valence-electron chi connectivity index (χ0n) is 31.9. The van der Waals surface area contributed by atoms with Crippen molar-refractivity contribution in [2.75, 3.05) is 31.5 Å². The van der Waals surface area contributed by atoms with Crippen LogP contribution in [-0.4, -0.2) is 90.0 Å². The first kappa shape index (κ1) is 37.0. The summed E-state index contributed by atoms with van der Waals surface area (Å²) >= 11 is 7.87. The van der Waals surface area contributed by atoms with Gasteiger partial charge in [0.05, 0.1) is 22.3 Å². The molecule has 2 fully saturated rings. The van der Waals surface area contributed by atoms with Crippen LogP contribution in [-0.2, 0) is 22.7 Å². The number of rotatable bonds is 9. The van der Waals surface area contributed by atoms with Gasteiger partial charge in [0.15, 0.2) is 5.82 Å². The number of aromatic nitrogens is 5. The number of halogens is 1. The van der Waals surface area contributed by atoms with Crippen molar-refractivity contribution in [3.05, 3.63) is 110 Å². The average molecular weight is 801 g/mol. The number of hydrogen-bond donors (Lipinski definition) is 2. The van der Waals surface area contributed by atoms with E-state index in [1.54, 1.807) is 16.2 Å². The number of nitrogens with zero attached hydrogens (tertiary/aromatic N) is 8. The Kier molecular flexibility index (Phi) is 9.76. The van der Waals surface area contributed by atoms with Gasteiger partial charge in [-0.05, 0) is 70.0 Å². The fourth-order valence-electron chi connectivity index (χ4n) is 8.23. The van der Waals surface area contributed by atoms with Crippen LogP contribution in [0.1, 0.15) is 86.9 Å². The van der Waals surface area contributed by atoms with Gasteiger partial charge in [0, 0.05) is 84.2 Å². The van der Waals surface area contributed by atoms with Crippen molar-refractivity contribution in [2.24, 2.45) is 10.9 Å². The maximum Gasteiger partial charge on any atom is 0.255 e. The first-order chi connectivity index (χ1) is 27.6. The van der Waals surface area contributed by atoms with E-state index in [9.17, 15) is 14.4 Å². The number of anilines is 1. The summed E-state index contributed by atoms with van der Waals surface area (Å²) in [5, 5.41) is 21.1. The Hall–Kier alpha value is -5.62. The lowest BCUT2D eigenvalue weighted by molar-refractivity contribution is -0.136. The summed E-state index contributed by atoms with van der Waals surface area (Å²) in [4.78, 5) is 47.4. The van der Waals surface area contributed by atoms with Gasteiger partial charge in [-0.2, -0.15) is 5.10 Å². The minimum Gasteiger partial charge on any atom is -0.384 e. The van der Waals surface area contributed by atoms with Gasteiger partial charge in [-0.3, -0.25) is 33.9 Å². The molecule has 7 heterocycles. The van der Waals surface area contributed by atoms with E-state index in [1.165, 1.54) is 0 Å². The SMILES string of the molecule is Cc1c(C#Cc2cnn(CCCN3CC(CNc4cccc5c4CN(C4CCC(=O)NC4=O)C5=O)C3)c2)sc2c1C(c1ccc(Cl)cc1)=N[C@@H](C)c1nnc(C)n1-2. The number of carbonyl (C=O) groups excluding carboxylic acids is 3. The molecule has 4 aliphatic heterocycles. The van der Waals surface area contributed by atoms with Gasteiger partial charge in [0.2, 0.25) is 11.8 Å². The molecule has 0 radical (unpaired) electrons. The van der Waals surface area contributed by atoms with Crippen molar-refractivity contribution < 1.29 is 14.4 Å². The van der Waals surface area contributed by atoms with Crippen molar-refractivity contribution in [3.63, 3.8) is 0 Å². The Balaban J connectivity index is 0.789. The molecule has 3 amide bonds. The van der Waals surface area contributed by atoms with E-state index in [1.807, 2.05) is 73.4 Å². The van der Waals surface area contributed by atoms with E-state index >= 15 is 0 Å². The highest BCUT2D eigenvalue weighted by Gasteiger charge is 2.40. The number of fused-ring (bicyclic) bond motifs is 4. The Morgan fingerprint density at radius 1 is 1.04 bits per heavy atom. The largest absolute Gasteiger partial charge is 0.384 e. The molecule has 2 atom stereocenters. The smallest absolute Gasteiger partial charge is 0.255 e. The summed E-state index contributed by atoms with van der Waals surface area (Å²) in [6.07, 6.45) is 5.41. The lowest BCUT2D eigenvalue weighted by Crippen LogP contribution is -2.52. The normalized spacial score (nSPS) is 19.2. The molecule has 0 spiro atoms. The van der Waals surface area contributed by atoms with E-state index < -0.39 is 11.9 Å². The van der Waals surface area contributed by atoms with E-state index in [4.69, 9.17) is 16.6 Å². The van der Waals surface area contributed by atoms with Crippen LogP contribution in [0.5, 0.6) is 0 Å². The highest BCUT2D eigenvalue weighted by atomic mass is 35.5. The van der Waals surface area contributed by atoms with Crippen molar-refractivity contribution in [3.8, 4) is 16.8 Å². The Labute approximate surface area is 339 Å². The number of imide groups is 1. The third-order valence-electron chi connectivity index (χ3n) is 11.2. The number of thiophene rings is 1. The maximum absolute atomic E-state index is 13.2. The standard InChI is InChI=1S/C42H41ClN10O3S/c1-24-35(57-42-37(24)38(29-9-11-30(43)12-10-29)46-25(2)39-49-48-26(3)53(39)42)14-8-27-19-45-51(22-27)17-5-16-50-20-28(21-50)18-44-33-7-4-6-31-32(33)23-52(41(31)56)34-13-15-36(54)47-40(34)55/h4,6-7,9-12,19,22,25,28,34,44H,5,13,15-18,20-21,23H2,1-3H3,(H,47,54,55)/t25-,34?/m0/s1. The van der Waals surface area contributed by atoms with E-state index in [2.05, 4.69) is 54.2 Å². The summed E-state index contributed by atoms with van der Waals surface area (Å²) in [6.45, 7) is 11.1. The van der Waals surface area contributed by atoms with Crippen molar-refractivity contribution in [2.45, 2.75) is 65.2 Å². The van der Waals surface area contributed by atoms with Gasteiger partial charge < -0.3 is 15.1 Å². The zero-order chi connectivity index (χ0) is 39.4. The number of likely N-dealkylation sites (tertiary alicyclic amines) is 1. The zero-order valence-corrected chi connectivity index (χ0v) is 33.5. The number of piperidine rings is 1. The molecule has 5 aromatic rings. The molecule has 9 rings (SSSR count). The van der Waals surface area contributed by atoms with Crippen LogP contribution in [0.2, 0.25) is 5.02 Å². The second-order valence-corrected chi connectivity index (χ2v) is 16.6. The number of aliphatic imine (C=N–C) groups is 1. The summed E-state index contributed by atoms with van der Waals surface area (Å²) < 4.78 is 4.08. The molecular formula is C42H41ClN10O3S. The molecule has 1 unspecified atom stereocenters. The van der Waals surface area contributed by atoms with Gasteiger partial charge >= 0.3 is 0 Å². The quantitative estimate of drug-likeness (QED) is 0.151. The second-order valence-electron chi connectivity index (χ2n) is 15.2. The lowest BCUT2D eigenvalue weighted by Gasteiger charge is -2.39. The second kappa shape index (κ2) is 15.0. The van der Waals surface area contributed by atoms with E-state index in [-0.39, 0.29) is 24.3 Å². The van der Waals surface area contributed by atoms with Crippen LogP contribution in [0.4, 0.5) is 5.69 Å². The van der Waals surface area contributed by atoms with Crippen molar-refractivity contribution in [1.82, 2.24) is 39.7 Å². The van der Waals surface area contributed by atoms with E-state index in [0.717, 1.165) is 99.9 Å². The molecule has 57 heavy (non-hydrogen) atoms. The monoisotopic (exact) mass is 800 g/mol. The predicted octanol–water partition coefficient (Wildman–Crippen LogP) is 5.30. The summed E-state index contributed by atoms with van der Waals surface area (Å²) in [5.41, 5.74) is 7.34. The Morgan fingerprint density at radius 3 is 2.67 bits per heavy atom. The molecule has 3 aromatic heterocycles. The topological polar surface area (TPSA) is 143 Å². The molecule has 0 bridgehead atoms. The molecule has 15 heteroatoms. The summed E-state index contributed by atoms with van der Waals surface area (Å²) in [7, 11) is 0. The lowest BCUT2D eigenvalue weighted by atomic mass is 9.99. The van der Waals surface area contributed by atoms with Crippen LogP contribution < -0.4 is 10.6 Å². The number of hydrogen-bond acceptors (Lipinski definition) is 10. The van der Waals surface area contributed by atoms with Gasteiger partial charge in [0.25, 0.3) is 5.91 Å². The van der Waals surface area contributed by atoms with Gasteiger partial charge in [-0.15, -0.1) is 21.5 Å². The summed E-state index contributed by atoms with van der Waals surface area (Å²) in [6, 6.07) is 12.7. The van der Waals surface area contributed by atoms with E-state index in [0.29, 0.717) is 29.5 Å². The fraction of sp³-hybridized carbons (Fsp3) is 0.357. The average Bonchev–Trinajstić information content (AvgIpc) is 3.94. The fourth-order valence-corrected chi connectivity index (χ4v) is 9.57. The van der Waals surface area contributed by atoms with Crippen LogP contribution in [0.3, 0.4) is 0 Å². The Morgan fingerprint density at radius 2 is 1.86 bits per heavy atom. The number of aryl methyl sites for hydroxylation is 2. The molecule has 2 N–H and O–H groups in total. The summed E-state index contributed by atoms with van der Waals surface area (Å²) in [5.74, 6) is 8.08. The number of benzene rings is 2. The molecule has 0 aliphatic carbocycles. The van der Waals surface area contributed by atoms with Crippen LogP contribution in [0.25, 0.3) is 5.00 Å². The van der Waals surface area contributed by atoms with Gasteiger partial charge in [0.1, 0.15) is 22.9 Å². The molecule has 290 valence electrons. The van der Waals surface area contributed by atoms with Gasteiger partial charge in [-0.25, -0.2) is 0 Å². The molecule has 2 aromatic carbocycles. The minimum absolute atomic E-state index is 0.155. The third-order valence-corrected chi connectivity index (χ3v) is 12.7.